The number of hydrogen-bond acceptors (Lipinski definition) is 2. The minimum atomic E-state index is 0.398. The van der Waals surface area contributed by atoms with E-state index in [-0.39, 0.29) is 0 Å². The third-order valence-electron chi connectivity index (χ3n) is 2.39. The highest BCUT2D eigenvalue weighted by molar-refractivity contribution is 5.22. The molecule has 0 aromatic heterocycles. The summed E-state index contributed by atoms with van der Waals surface area (Å²) in [6.45, 7) is 3.34. The molecule has 2 heteroatoms. The Kier molecular flexibility index (Phi) is 6.05. The lowest BCUT2D eigenvalue weighted by molar-refractivity contribution is -0.0310. The molecule has 1 rings (SSSR count). The van der Waals surface area contributed by atoms with Crippen LogP contribution >= 0.6 is 0 Å². The number of aryl methyl sites for hydroxylation is 2. The summed E-state index contributed by atoms with van der Waals surface area (Å²) in [6.07, 6.45) is 3.24. The molecule has 1 aromatic carbocycles. The number of hydrogen-bond donors (Lipinski definition) is 0. The van der Waals surface area contributed by atoms with Gasteiger partial charge in [0.25, 0.3) is 0 Å². The molecule has 0 saturated heterocycles. The Morgan fingerprint density at radius 2 is 1.73 bits per heavy atom. The summed E-state index contributed by atoms with van der Waals surface area (Å²) in [7, 11) is 1.64. The van der Waals surface area contributed by atoms with Gasteiger partial charge in [-0.25, -0.2) is 0 Å². The maximum absolute atomic E-state index is 5.23. The molecule has 0 amide bonds. The van der Waals surface area contributed by atoms with E-state index in [2.05, 4.69) is 31.2 Å². The van der Waals surface area contributed by atoms with Crippen molar-refractivity contribution in [3.8, 4) is 0 Å². The average molecular weight is 208 g/mol. The van der Waals surface area contributed by atoms with E-state index in [1.54, 1.807) is 7.11 Å². The third-order valence-corrected chi connectivity index (χ3v) is 2.39. The van der Waals surface area contributed by atoms with E-state index in [9.17, 15) is 0 Å². The van der Waals surface area contributed by atoms with Gasteiger partial charge in [-0.15, -0.1) is 0 Å². The molecular weight excluding hydrogens is 188 g/mol. The predicted octanol–water partition coefficient (Wildman–Crippen LogP) is 2.80. The fourth-order valence-electron chi connectivity index (χ4n) is 1.46. The third kappa shape index (κ3) is 4.96. The second-order valence-electron chi connectivity index (χ2n) is 3.59. The lowest BCUT2D eigenvalue weighted by Gasteiger charge is -2.04. The van der Waals surface area contributed by atoms with Crippen molar-refractivity contribution < 1.29 is 9.47 Å². The smallest absolute Gasteiger partial charge is 0.146 e. The van der Waals surface area contributed by atoms with Crippen LogP contribution in [0.5, 0.6) is 0 Å². The van der Waals surface area contributed by atoms with Crippen molar-refractivity contribution in [1.82, 2.24) is 0 Å². The van der Waals surface area contributed by atoms with Gasteiger partial charge in [-0.3, -0.25) is 0 Å². The zero-order valence-electron chi connectivity index (χ0n) is 9.66. The van der Waals surface area contributed by atoms with Crippen molar-refractivity contribution >= 4 is 0 Å². The van der Waals surface area contributed by atoms with Gasteiger partial charge in [-0.05, 0) is 30.4 Å². The Labute approximate surface area is 92.2 Å². The van der Waals surface area contributed by atoms with Gasteiger partial charge in [0, 0.05) is 13.7 Å². The minimum absolute atomic E-state index is 0.398. The second kappa shape index (κ2) is 7.43. The zero-order valence-corrected chi connectivity index (χ0v) is 9.66. The molecule has 0 aliphatic rings. The summed E-state index contributed by atoms with van der Waals surface area (Å²) in [4.78, 5) is 0. The number of rotatable bonds is 7. The summed E-state index contributed by atoms with van der Waals surface area (Å²) in [6, 6.07) is 8.81. The van der Waals surface area contributed by atoms with Crippen molar-refractivity contribution in [2.75, 3.05) is 20.5 Å². The summed E-state index contributed by atoms with van der Waals surface area (Å²) in [5, 5.41) is 0. The minimum Gasteiger partial charge on any atom is -0.359 e. The van der Waals surface area contributed by atoms with E-state index in [1.807, 2.05) is 0 Å². The monoisotopic (exact) mass is 208 g/mol. The van der Waals surface area contributed by atoms with E-state index in [4.69, 9.17) is 9.47 Å². The highest BCUT2D eigenvalue weighted by Crippen LogP contribution is 2.07. The van der Waals surface area contributed by atoms with Gasteiger partial charge in [-0.2, -0.15) is 0 Å². The fourth-order valence-corrected chi connectivity index (χ4v) is 1.46. The molecule has 0 fully saturated rings. The van der Waals surface area contributed by atoms with Crippen LogP contribution in [-0.2, 0) is 22.3 Å². The van der Waals surface area contributed by atoms with Gasteiger partial charge >= 0.3 is 0 Å². The first-order chi connectivity index (χ1) is 7.36. The van der Waals surface area contributed by atoms with E-state index in [0.29, 0.717) is 6.79 Å². The van der Waals surface area contributed by atoms with Crippen molar-refractivity contribution in [3.05, 3.63) is 35.4 Å². The highest BCUT2D eigenvalue weighted by Gasteiger charge is 1.94. The Morgan fingerprint density at radius 1 is 1.07 bits per heavy atom. The average Bonchev–Trinajstić information content (AvgIpc) is 2.30. The highest BCUT2D eigenvalue weighted by atomic mass is 16.7. The molecule has 0 heterocycles. The first-order valence-corrected chi connectivity index (χ1v) is 5.51. The Bertz CT molecular complexity index is 254. The van der Waals surface area contributed by atoms with Crippen LogP contribution in [0.15, 0.2) is 24.3 Å². The van der Waals surface area contributed by atoms with Crippen LogP contribution in [0.25, 0.3) is 0 Å². The lowest BCUT2D eigenvalue weighted by atomic mass is 10.1. The zero-order chi connectivity index (χ0) is 10.9. The van der Waals surface area contributed by atoms with E-state index in [1.165, 1.54) is 11.1 Å². The largest absolute Gasteiger partial charge is 0.359 e. The fraction of sp³-hybridized carbons (Fsp3) is 0.538. The predicted molar refractivity (Wildman–Crippen MR) is 62.0 cm³/mol. The molecule has 2 nitrogen and oxygen atoms in total. The van der Waals surface area contributed by atoms with Crippen LogP contribution in [0.3, 0.4) is 0 Å². The molecule has 0 saturated carbocycles. The Balaban J connectivity index is 2.20. The van der Waals surface area contributed by atoms with Gasteiger partial charge in [0.2, 0.25) is 0 Å². The second-order valence-corrected chi connectivity index (χ2v) is 3.59. The molecule has 0 radical (unpaired) electrons. The molecule has 0 atom stereocenters. The Hall–Kier alpha value is -0.860. The molecule has 0 spiro atoms. The van der Waals surface area contributed by atoms with Crippen molar-refractivity contribution in [2.45, 2.75) is 26.2 Å². The van der Waals surface area contributed by atoms with E-state index >= 15 is 0 Å². The van der Waals surface area contributed by atoms with Crippen molar-refractivity contribution in [1.29, 1.82) is 0 Å². The molecule has 1 aromatic rings. The normalized spacial score (nSPS) is 10.5. The topological polar surface area (TPSA) is 18.5 Å². The summed E-state index contributed by atoms with van der Waals surface area (Å²) in [5.74, 6) is 0. The SMILES string of the molecule is CCc1ccc(CCCOCOC)cc1. The lowest BCUT2D eigenvalue weighted by Crippen LogP contribution is -1.99. The van der Waals surface area contributed by atoms with Crippen LogP contribution in [0.2, 0.25) is 0 Å². The molecule has 0 N–H and O–H groups in total. The quantitative estimate of drug-likeness (QED) is 0.506. The molecule has 15 heavy (non-hydrogen) atoms. The maximum Gasteiger partial charge on any atom is 0.146 e. The summed E-state index contributed by atoms with van der Waals surface area (Å²) < 4.78 is 10.0. The first kappa shape index (κ1) is 12.2. The number of benzene rings is 1. The van der Waals surface area contributed by atoms with Crippen LogP contribution in [0, 0.1) is 0 Å². The molecular formula is C13H20O2. The standard InChI is InChI=1S/C13H20O2/c1-3-12-6-8-13(9-7-12)5-4-10-15-11-14-2/h6-9H,3-5,10-11H2,1-2H3. The van der Waals surface area contributed by atoms with Crippen LogP contribution < -0.4 is 0 Å². The number of methoxy groups -OCH3 is 1. The maximum atomic E-state index is 5.23. The van der Waals surface area contributed by atoms with Gasteiger partial charge in [0.05, 0.1) is 0 Å². The summed E-state index contributed by atoms with van der Waals surface area (Å²) in [5.41, 5.74) is 2.78. The van der Waals surface area contributed by atoms with Crippen LogP contribution in [0.1, 0.15) is 24.5 Å². The van der Waals surface area contributed by atoms with E-state index in [0.717, 1.165) is 25.9 Å². The van der Waals surface area contributed by atoms with Gasteiger partial charge in [0.15, 0.2) is 0 Å². The first-order valence-electron chi connectivity index (χ1n) is 5.51. The Morgan fingerprint density at radius 3 is 2.33 bits per heavy atom. The van der Waals surface area contributed by atoms with Crippen LogP contribution in [0.4, 0.5) is 0 Å². The van der Waals surface area contributed by atoms with Gasteiger partial charge < -0.3 is 9.47 Å². The number of ether oxygens (including phenoxy) is 2. The summed E-state index contributed by atoms with van der Waals surface area (Å²) >= 11 is 0. The molecule has 84 valence electrons. The molecule has 0 bridgehead atoms. The van der Waals surface area contributed by atoms with E-state index < -0.39 is 0 Å². The van der Waals surface area contributed by atoms with Gasteiger partial charge in [0.1, 0.15) is 6.79 Å². The molecule has 0 aliphatic carbocycles. The van der Waals surface area contributed by atoms with Gasteiger partial charge in [-0.1, -0.05) is 31.2 Å². The van der Waals surface area contributed by atoms with Crippen molar-refractivity contribution in [2.24, 2.45) is 0 Å². The molecule has 0 aliphatic heterocycles. The molecule has 0 unspecified atom stereocenters. The van der Waals surface area contributed by atoms with Crippen molar-refractivity contribution in [3.63, 3.8) is 0 Å². The van der Waals surface area contributed by atoms with Crippen LogP contribution in [-0.4, -0.2) is 20.5 Å².